The fourth-order valence-corrected chi connectivity index (χ4v) is 3.84. The number of likely N-dealkylation sites (tertiary alicyclic amines) is 1. The molecule has 1 amide bonds. The molecule has 152 valence electrons. The average molecular weight is 479 g/mol. The molecule has 0 aromatic carbocycles. The normalized spacial score (nSPS) is 20.3. The van der Waals surface area contributed by atoms with Crippen molar-refractivity contribution < 1.29 is 4.79 Å². The van der Waals surface area contributed by atoms with Crippen LogP contribution in [-0.2, 0) is 4.79 Å². The minimum Gasteiger partial charge on any atom is -0.357 e. The number of guanidine groups is 1. The smallest absolute Gasteiger partial charge is 0.219 e. The Morgan fingerprint density at radius 3 is 2.12 bits per heavy atom. The Labute approximate surface area is 176 Å². The van der Waals surface area contributed by atoms with Crippen molar-refractivity contribution >= 4 is 35.8 Å². The Bertz CT molecular complexity index is 443. The lowest BCUT2D eigenvalue weighted by atomic mass is 10.0. The van der Waals surface area contributed by atoms with Crippen LogP contribution in [0, 0.1) is 5.92 Å². The van der Waals surface area contributed by atoms with Crippen LogP contribution in [0.4, 0.5) is 0 Å². The molecular formula is C19H38IN5O. The van der Waals surface area contributed by atoms with Gasteiger partial charge in [-0.15, -0.1) is 24.0 Å². The molecule has 0 bridgehead atoms. The number of piperazine rings is 1. The zero-order valence-electron chi connectivity index (χ0n) is 17.0. The van der Waals surface area contributed by atoms with Gasteiger partial charge in [0.2, 0.25) is 5.91 Å². The lowest BCUT2D eigenvalue weighted by Gasteiger charge is -2.36. The van der Waals surface area contributed by atoms with Crippen LogP contribution < -0.4 is 5.32 Å². The second kappa shape index (κ2) is 12.0. The summed E-state index contributed by atoms with van der Waals surface area (Å²) in [5, 5.41) is 3.45. The van der Waals surface area contributed by atoms with E-state index in [4.69, 9.17) is 4.99 Å². The topological polar surface area (TPSA) is 51.2 Å². The number of hydrogen-bond acceptors (Lipinski definition) is 3. The molecule has 2 aliphatic rings. The van der Waals surface area contributed by atoms with Gasteiger partial charge in [-0.1, -0.05) is 13.8 Å². The van der Waals surface area contributed by atoms with Gasteiger partial charge in [0.05, 0.1) is 6.54 Å². The molecule has 26 heavy (non-hydrogen) atoms. The molecule has 0 aromatic heterocycles. The van der Waals surface area contributed by atoms with Gasteiger partial charge in [0.15, 0.2) is 5.96 Å². The van der Waals surface area contributed by atoms with Crippen LogP contribution in [0.5, 0.6) is 0 Å². The van der Waals surface area contributed by atoms with Crippen LogP contribution in [0.25, 0.3) is 0 Å². The molecule has 6 nitrogen and oxygen atoms in total. The number of nitrogens with one attached hydrogen (secondary N) is 1. The van der Waals surface area contributed by atoms with E-state index < -0.39 is 0 Å². The summed E-state index contributed by atoms with van der Waals surface area (Å²) in [4.78, 5) is 23.4. The SMILES string of the molecule is CCNC(=NCC(CC(C)C)N1CCCC1)N1CCN(C(C)=O)CC1.I. The maximum Gasteiger partial charge on any atom is 0.219 e. The summed E-state index contributed by atoms with van der Waals surface area (Å²) < 4.78 is 0. The molecule has 2 saturated heterocycles. The number of carbonyl (C=O) groups excluding carboxylic acids is 1. The number of halogens is 1. The van der Waals surface area contributed by atoms with Gasteiger partial charge in [-0.25, -0.2) is 0 Å². The quantitative estimate of drug-likeness (QED) is 0.361. The number of nitrogens with zero attached hydrogens (tertiary/aromatic N) is 4. The predicted octanol–water partition coefficient (Wildman–Crippen LogP) is 2.24. The fraction of sp³-hybridized carbons (Fsp3) is 0.895. The molecule has 0 saturated carbocycles. The van der Waals surface area contributed by atoms with Crippen molar-refractivity contribution in [3.05, 3.63) is 0 Å². The van der Waals surface area contributed by atoms with Gasteiger partial charge in [0, 0.05) is 45.7 Å². The molecular weight excluding hydrogens is 441 g/mol. The summed E-state index contributed by atoms with van der Waals surface area (Å²) in [6, 6.07) is 0.551. The van der Waals surface area contributed by atoms with E-state index in [1.807, 2.05) is 4.90 Å². The summed E-state index contributed by atoms with van der Waals surface area (Å²) in [6.45, 7) is 15.9. The lowest BCUT2D eigenvalue weighted by Crippen LogP contribution is -2.53. The number of amides is 1. The summed E-state index contributed by atoms with van der Waals surface area (Å²) in [6.07, 6.45) is 3.86. The van der Waals surface area contributed by atoms with Crippen molar-refractivity contribution in [1.82, 2.24) is 20.0 Å². The van der Waals surface area contributed by atoms with Crippen molar-refractivity contribution in [3.63, 3.8) is 0 Å². The van der Waals surface area contributed by atoms with Crippen LogP contribution in [-0.4, -0.2) is 85.0 Å². The van der Waals surface area contributed by atoms with Crippen LogP contribution >= 0.6 is 24.0 Å². The molecule has 1 atom stereocenters. The molecule has 2 rings (SSSR count). The first-order valence-corrected chi connectivity index (χ1v) is 10.0. The first-order valence-electron chi connectivity index (χ1n) is 10.0. The minimum atomic E-state index is 0. The minimum absolute atomic E-state index is 0. The maximum absolute atomic E-state index is 11.5. The number of aliphatic imine (C=N–C) groups is 1. The van der Waals surface area contributed by atoms with E-state index >= 15 is 0 Å². The third-order valence-corrected chi connectivity index (χ3v) is 5.21. The van der Waals surface area contributed by atoms with Gasteiger partial charge in [-0.05, 0) is 45.2 Å². The van der Waals surface area contributed by atoms with E-state index in [0.717, 1.165) is 45.2 Å². The molecule has 2 aliphatic heterocycles. The van der Waals surface area contributed by atoms with E-state index in [-0.39, 0.29) is 29.9 Å². The fourth-order valence-electron chi connectivity index (χ4n) is 3.84. The van der Waals surface area contributed by atoms with E-state index in [1.165, 1.54) is 32.4 Å². The zero-order chi connectivity index (χ0) is 18.2. The summed E-state index contributed by atoms with van der Waals surface area (Å²) in [5.41, 5.74) is 0. The Balaban J connectivity index is 0.00000338. The van der Waals surface area contributed by atoms with Gasteiger partial charge < -0.3 is 15.1 Å². The van der Waals surface area contributed by atoms with Crippen molar-refractivity contribution in [2.45, 2.75) is 53.0 Å². The zero-order valence-corrected chi connectivity index (χ0v) is 19.4. The molecule has 0 aliphatic carbocycles. The molecule has 0 radical (unpaired) electrons. The molecule has 7 heteroatoms. The Morgan fingerprint density at radius 2 is 1.62 bits per heavy atom. The standard InChI is InChI=1S/C19H37N5O.HI/c1-5-20-19(24-12-10-22(11-13-24)17(4)25)21-15-18(14-16(2)3)23-8-6-7-9-23;/h16,18H,5-15H2,1-4H3,(H,20,21);1H. The number of hydrogen-bond donors (Lipinski definition) is 1. The highest BCUT2D eigenvalue weighted by Gasteiger charge is 2.24. The van der Waals surface area contributed by atoms with Crippen LogP contribution in [0.15, 0.2) is 4.99 Å². The summed E-state index contributed by atoms with van der Waals surface area (Å²) >= 11 is 0. The van der Waals surface area contributed by atoms with Crippen molar-refractivity contribution in [2.24, 2.45) is 10.9 Å². The first kappa shape index (κ1) is 23.5. The molecule has 1 unspecified atom stereocenters. The average Bonchev–Trinajstić information content (AvgIpc) is 3.11. The Hall–Kier alpha value is -0.570. The van der Waals surface area contributed by atoms with Gasteiger partial charge in [0.1, 0.15) is 0 Å². The van der Waals surface area contributed by atoms with E-state index in [2.05, 4.69) is 35.9 Å². The number of rotatable bonds is 6. The first-order chi connectivity index (χ1) is 12.0. The number of carbonyl (C=O) groups is 1. The maximum atomic E-state index is 11.5. The van der Waals surface area contributed by atoms with Crippen molar-refractivity contribution in [2.75, 3.05) is 52.4 Å². The monoisotopic (exact) mass is 479 g/mol. The third-order valence-electron chi connectivity index (χ3n) is 5.21. The Kier molecular flexibility index (Phi) is 10.8. The summed E-state index contributed by atoms with van der Waals surface area (Å²) in [5.74, 6) is 1.88. The molecule has 2 fully saturated rings. The Morgan fingerprint density at radius 1 is 1.04 bits per heavy atom. The molecule has 2 heterocycles. The lowest BCUT2D eigenvalue weighted by molar-refractivity contribution is -0.130. The highest BCUT2D eigenvalue weighted by molar-refractivity contribution is 14.0. The van der Waals surface area contributed by atoms with E-state index in [0.29, 0.717) is 12.0 Å². The van der Waals surface area contributed by atoms with Gasteiger partial charge in [0.25, 0.3) is 0 Å². The molecule has 1 N–H and O–H groups in total. The van der Waals surface area contributed by atoms with Gasteiger partial charge in [-0.3, -0.25) is 14.7 Å². The van der Waals surface area contributed by atoms with E-state index in [1.54, 1.807) is 6.92 Å². The predicted molar refractivity (Wildman–Crippen MR) is 119 cm³/mol. The highest BCUT2D eigenvalue weighted by Crippen LogP contribution is 2.18. The van der Waals surface area contributed by atoms with Crippen LogP contribution in [0.1, 0.15) is 47.0 Å². The summed E-state index contributed by atoms with van der Waals surface area (Å²) in [7, 11) is 0. The second-order valence-corrected chi connectivity index (χ2v) is 7.71. The van der Waals surface area contributed by atoms with Crippen LogP contribution in [0.2, 0.25) is 0 Å². The van der Waals surface area contributed by atoms with Gasteiger partial charge >= 0.3 is 0 Å². The van der Waals surface area contributed by atoms with Crippen LogP contribution in [0.3, 0.4) is 0 Å². The molecule has 0 spiro atoms. The molecule has 0 aromatic rings. The highest BCUT2D eigenvalue weighted by atomic mass is 127. The van der Waals surface area contributed by atoms with Gasteiger partial charge in [-0.2, -0.15) is 0 Å². The van der Waals surface area contributed by atoms with Crippen molar-refractivity contribution in [3.8, 4) is 0 Å². The third kappa shape index (κ3) is 7.21. The van der Waals surface area contributed by atoms with Crippen molar-refractivity contribution in [1.29, 1.82) is 0 Å². The largest absolute Gasteiger partial charge is 0.357 e. The second-order valence-electron chi connectivity index (χ2n) is 7.71. The van der Waals surface area contributed by atoms with E-state index in [9.17, 15) is 4.79 Å².